The first-order valence-electron chi connectivity index (χ1n) is 12.3. The van der Waals surface area contributed by atoms with Gasteiger partial charge in [0.15, 0.2) is 0 Å². The average Bonchev–Trinajstić information content (AvgIpc) is 3.03. The molecule has 2 aliphatic carbocycles. The number of nitrogens with zero attached hydrogens (tertiary/aromatic N) is 1. The van der Waals surface area contributed by atoms with E-state index in [0.29, 0.717) is 11.8 Å². The second-order valence-electron chi connectivity index (χ2n) is 9.72. The first-order valence-corrected chi connectivity index (χ1v) is 13.1. The number of hydrogen-bond donors (Lipinski definition) is 2. The molecule has 0 aliphatic heterocycles. The smallest absolute Gasteiger partial charge is 0.0595 e. The Labute approximate surface area is 216 Å². The van der Waals surface area contributed by atoms with Crippen LogP contribution in [0.2, 0.25) is 0 Å². The van der Waals surface area contributed by atoms with E-state index in [1.54, 1.807) is 11.3 Å². The molecular weight excluding hydrogens is 607 g/mol. The van der Waals surface area contributed by atoms with Gasteiger partial charge in [0.1, 0.15) is 0 Å². The SMILES string of the molecule is CC(C)c1ccc(-c2[c-]c3ccccc3s2)nc1.OC1CCCCC2CCCCC(O)C12.[Ir]. The molecule has 2 aliphatic rings. The Bertz CT molecular complexity index is 936. The molecule has 33 heavy (non-hydrogen) atoms. The van der Waals surface area contributed by atoms with Crippen LogP contribution in [0.5, 0.6) is 0 Å². The van der Waals surface area contributed by atoms with Gasteiger partial charge < -0.3 is 15.2 Å². The summed E-state index contributed by atoms with van der Waals surface area (Å²) in [5.41, 5.74) is 2.29. The number of rotatable bonds is 2. The zero-order chi connectivity index (χ0) is 22.5. The van der Waals surface area contributed by atoms with Crippen molar-refractivity contribution in [3.05, 3.63) is 54.2 Å². The van der Waals surface area contributed by atoms with Gasteiger partial charge in [0.05, 0.1) is 12.2 Å². The maximum Gasteiger partial charge on any atom is 0.0595 e. The van der Waals surface area contributed by atoms with E-state index in [2.05, 4.69) is 55.2 Å². The fourth-order valence-electron chi connectivity index (χ4n) is 5.23. The Balaban J connectivity index is 0.000000186. The molecule has 2 N–H and O–H groups in total. The first kappa shape index (κ1) is 26.5. The largest absolute Gasteiger partial charge is 0.393 e. The number of fused-ring (bicyclic) bond motifs is 2. The molecule has 0 bridgehead atoms. The molecule has 1 radical (unpaired) electrons. The molecular formula is C28H36IrNO2S-. The normalized spacial score (nSPS) is 25.2. The number of aliphatic hydroxyl groups excluding tert-OH is 2. The fourth-order valence-corrected chi connectivity index (χ4v) is 6.21. The van der Waals surface area contributed by atoms with Crippen LogP contribution in [0.1, 0.15) is 76.7 Å². The third-order valence-corrected chi connectivity index (χ3v) is 8.21. The van der Waals surface area contributed by atoms with Gasteiger partial charge in [-0.3, -0.25) is 0 Å². The summed E-state index contributed by atoms with van der Waals surface area (Å²) in [6.45, 7) is 4.37. The summed E-state index contributed by atoms with van der Waals surface area (Å²) < 4.78 is 1.27. The summed E-state index contributed by atoms with van der Waals surface area (Å²) in [5.74, 6) is 1.29. The molecule has 3 aromatic rings. The monoisotopic (exact) mass is 643 g/mol. The second kappa shape index (κ2) is 12.6. The molecule has 2 heterocycles. The maximum absolute atomic E-state index is 10.0. The minimum atomic E-state index is -0.240. The number of thiophene rings is 1. The molecule has 2 atom stereocenters. The predicted octanol–water partition coefficient (Wildman–Crippen LogP) is 6.97. The van der Waals surface area contributed by atoms with E-state index in [-0.39, 0.29) is 38.2 Å². The molecule has 5 rings (SSSR count). The van der Waals surface area contributed by atoms with Crippen LogP contribution >= 0.6 is 11.3 Å². The van der Waals surface area contributed by atoms with Crippen molar-refractivity contribution < 1.29 is 30.3 Å². The van der Waals surface area contributed by atoms with E-state index in [1.165, 1.54) is 41.3 Å². The molecule has 2 aromatic heterocycles. The topological polar surface area (TPSA) is 53.4 Å². The summed E-state index contributed by atoms with van der Waals surface area (Å²) in [5, 5.41) is 21.2. The fraction of sp³-hybridized carbons (Fsp3) is 0.536. The van der Waals surface area contributed by atoms with Gasteiger partial charge in [-0.05, 0) is 52.7 Å². The van der Waals surface area contributed by atoms with Gasteiger partial charge in [-0.25, -0.2) is 11.3 Å². The Hall–Kier alpha value is -1.10. The molecule has 2 unspecified atom stereocenters. The van der Waals surface area contributed by atoms with Crippen LogP contribution in [-0.2, 0) is 20.1 Å². The molecule has 1 aromatic carbocycles. The number of aliphatic hydroxyl groups is 2. The van der Waals surface area contributed by atoms with Crippen LogP contribution in [0.4, 0.5) is 0 Å². The molecule has 3 nitrogen and oxygen atoms in total. The summed E-state index contributed by atoms with van der Waals surface area (Å²) in [6, 6.07) is 16.0. The van der Waals surface area contributed by atoms with Gasteiger partial charge >= 0.3 is 0 Å². The van der Waals surface area contributed by atoms with Crippen molar-refractivity contribution in [3.8, 4) is 10.6 Å². The van der Waals surface area contributed by atoms with Crippen LogP contribution in [0.25, 0.3) is 20.7 Å². The summed E-state index contributed by atoms with van der Waals surface area (Å²) >= 11 is 1.75. The Morgan fingerprint density at radius 1 is 0.909 bits per heavy atom. The van der Waals surface area contributed by atoms with Crippen molar-refractivity contribution in [1.29, 1.82) is 0 Å². The Morgan fingerprint density at radius 2 is 1.55 bits per heavy atom. The van der Waals surface area contributed by atoms with Crippen molar-refractivity contribution in [3.63, 3.8) is 0 Å². The molecule has 2 saturated carbocycles. The summed E-state index contributed by atoms with van der Waals surface area (Å²) in [7, 11) is 0. The second-order valence-corrected chi connectivity index (χ2v) is 10.8. The number of benzene rings is 1. The van der Waals surface area contributed by atoms with Gasteiger partial charge in [0.25, 0.3) is 0 Å². The van der Waals surface area contributed by atoms with E-state index in [4.69, 9.17) is 0 Å². The molecule has 5 heteroatoms. The summed E-state index contributed by atoms with van der Waals surface area (Å²) in [6.07, 6.45) is 10.5. The van der Waals surface area contributed by atoms with Gasteiger partial charge in [-0.2, -0.15) is 0 Å². The van der Waals surface area contributed by atoms with E-state index in [0.717, 1.165) is 36.3 Å². The van der Waals surface area contributed by atoms with E-state index in [9.17, 15) is 10.2 Å². The zero-order valence-corrected chi connectivity index (χ0v) is 22.9. The standard InChI is InChI=1S/C16H14NS.C12H22O2.Ir/c1-11(2)13-7-8-14(17-10-13)16-9-12-5-3-4-6-15(12)18-16;13-10-7-3-1-5-9-6-2-4-8-11(14)12(9)10;/h3-8,10-11H,1-2H3;9-14H,1-8H2;/q-1;;. The minimum absolute atomic E-state index is 0. The van der Waals surface area contributed by atoms with E-state index < -0.39 is 0 Å². The van der Waals surface area contributed by atoms with Crippen LogP contribution < -0.4 is 0 Å². The third kappa shape index (κ3) is 6.74. The van der Waals surface area contributed by atoms with Gasteiger partial charge in [-0.1, -0.05) is 63.8 Å². The number of hydrogen-bond acceptors (Lipinski definition) is 4. The quantitative estimate of drug-likeness (QED) is 0.297. The number of aromatic nitrogens is 1. The predicted molar refractivity (Wildman–Crippen MR) is 134 cm³/mol. The molecule has 181 valence electrons. The van der Waals surface area contributed by atoms with Crippen LogP contribution in [0.15, 0.2) is 42.6 Å². The van der Waals surface area contributed by atoms with E-state index >= 15 is 0 Å². The number of pyridine rings is 1. The van der Waals surface area contributed by atoms with Crippen LogP contribution in [0, 0.1) is 17.9 Å². The van der Waals surface area contributed by atoms with Crippen LogP contribution in [-0.4, -0.2) is 27.4 Å². The van der Waals surface area contributed by atoms with E-state index in [1.807, 2.05) is 12.3 Å². The minimum Gasteiger partial charge on any atom is -0.393 e. The van der Waals surface area contributed by atoms with Gasteiger partial charge in [0.2, 0.25) is 0 Å². The van der Waals surface area contributed by atoms with Crippen molar-refractivity contribution in [2.24, 2.45) is 11.8 Å². The van der Waals surface area contributed by atoms with Gasteiger partial charge in [-0.15, -0.1) is 23.6 Å². The molecule has 0 saturated heterocycles. The average molecular weight is 643 g/mol. The Kier molecular flexibility index (Phi) is 10.1. The molecule has 2 fully saturated rings. The Morgan fingerprint density at radius 3 is 2.12 bits per heavy atom. The third-order valence-electron chi connectivity index (χ3n) is 7.12. The zero-order valence-electron chi connectivity index (χ0n) is 19.7. The van der Waals surface area contributed by atoms with Crippen molar-refractivity contribution in [2.45, 2.75) is 83.3 Å². The maximum atomic E-state index is 10.0. The molecule has 0 amide bonds. The van der Waals surface area contributed by atoms with Gasteiger partial charge in [0, 0.05) is 37.9 Å². The van der Waals surface area contributed by atoms with Crippen molar-refractivity contribution in [1.82, 2.24) is 4.98 Å². The van der Waals surface area contributed by atoms with Crippen molar-refractivity contribution >= 4 is 21.4 Å². The van der Waals surface area contributed by atoms with Crippen LogP contribution in [0.3, 0.4) is 0 Å². The first-order chi connectivity index (χ1) is 15.5. The van der Waals surface area contributed by atoms with Crippen molar-refractivity contribution in [2.75, 3.05) is 0 Å². The molecule has 0 spiro atoms. The summed E-state index contributed by atoms with van der Waals surface area (Å²) in [4.78, 5) is 5.66.